The van der Waals surface area contributed by atoms with Crippen molar-refractivity contribution in [2.24, 2.45) is 11.8 Å². The number of nitrogens with zero attached hydrogens (tertiary/aromatic N) is 1. The number of hydrogen-bond donors (Lipinski definition) is 2. The van der Waals surface area contributed by atoms with Gasteiger partial charge in [0, 0.05) is 29.5 Å². The first-order valence-electron chi connectivity index (χ1n) is 13.2. The van der Waals surface area contributed by atoms with E-state index in [4.69, 9.17) is 4.74 Å². The molecule has 6 rings (SSSR count). The standard InChI is InChI=1S/C28H32FN3O4S/c29-26-23-13-12-22(16-24(23)30-27(26)19-4-2-1-3-5-19)37(34,35)31-21-10-8-20(9-11-21)28(33)32-14-15-36-17-25(32)18-6-7-18/h1-5,12-13,16,18,20-21,25,30-31H,6-11,14-15,17H2. The molecule has 0 bridgehead atoms. The number of benzene rings is 2. The number of morpholine rings is 1. The molecule has 3 aromatic rings. The fourth-order valence-corrected chi connectivity index (χ4v) is 7.19. The van der Waals surface area contributed by atoms with Crippen LogP contribution < -0.4 is 4.72 Å². The molecule has 2 saturated carbocycles. The summed E-state index contributed by atoms with van der Waals surface area (Å²) in [5.41, 5.74) is 1.47. The molecule has 1 aliphatic heterocycles. The number of carbonyl (C=O) groups is 1. The average molecular weight is 526 g/mol. The highest BCUT2D eigenvalue weighted by Crippen LogP contribution is 2.38. The number of amides is 1. The number of fused-ring (bicyclic) bond motifs is 1. The van der Waals surface area contributed by atoms with E-state index in [9.17, 15) is 17.6 Å². The van der Waals surface area contributed by atoms with Crippen molar-refractivity contribution in [3.05, 3.63) is 54.3 Å². The molecule has 1 atom stereocenters. The molecule has 2 heterocycles. The summed E-state index contributed by atoms with van der Waals surface area (Å²) in [6.45, 7) is 1.87. The molecular weight excluding hydrogens is 493 g/mol. The van der Waals surface area contributed by atoms with Crippen LogP contribution in [0.3, 0.4) is 0 Å². The maximum atomic E-state index is 15.0. The number of aromatic nitrogens is 1. The second-order valence-electron chi connectivity index (χ2n) is 10.6. The van der Waals surface area contributed by atoms with Crippen molar-refractivity contribution in [1.82, 2.24) is 14.6 Å². The van der Waals surface area contributed by atoms with Crippen LogP contribution in [0.1, 0.15) is 38.5 Å². The van der Waals surface area contributed by atoms with Gasteiger partial charge in [0.2, 0.25) is 15.9 Å². The minimum Gasteiger partial charge on any atom is -0.377 e. The van der Waals surface area contributed by atoms with Gasteiger partial charge in [0.25, 0.3) is 0 Å². The van der Waals surface area contributed by atoms with Crippen molar-refractivity contribution >= 4 is 26.8 Å². The fraction of sp³-hybridized carbons (Fsp3) is 0.464. The van der Waals surface area contributed by atoms with Crippen molar-refractivity contribution < 1.29 is 22.3 Å². The van der Waals surface area contributed by atoms with E-state index in [2.05, 4.69) is 9.71 Å². The molecule has 7 nitrogen and oxygen atoms in total. The first kappa shape index (κ1) is 24.6. The van der Waals surface area contributed by atoms with E-state index in [1.54, 1.807) is 12.1 Å². The van der Waals surface area contributed by atoms with Crippen LogP contribution in [0, 0.1) is 17.7 Å². The van der Waals surface area contributed by atoms with Crippen LogP contribution in [0.25, 0.3) is 22.2 Å². The Morgan fingerprint density at radius 2 is 1.78 bits per heavy atom. The minimum atomic E-state index is -3.79. The predicted molar refractivity (Wildman–Crippen MR) is 139 cm³/mol. The highest BCUT2D eigenvalue weighted by Gasteiger charge is 2.41. The Labute approximate surface area is 216 Å². The van der Waals surface area contributed by atoms with E-state index in [0.29, 0.717) is 73.5 Å². The SMILES string of the molecule is O=C(C1CCC(NS(=O)(=O)c2ccc3c(F)c(-c4ccccc4)[nH]c3c2)CC1)N1CCOCC1C1CC1. The third-order valence-electron chi connectivity index (χ3n) is 8.09. The lowest BCUT2D eigenvalue weighted by atomic mass is 9.85. The average Bonchev–Trinajstić information content (AvgIpc) is 3.72. The van der Waals surface area contributed by atoms with Gasteiger partial charge in [-0.05, 0) is 62.6 Å². The maximum Gasteiger partial charge on any atom is 0.240 e. The van der Waals surface area contributed by atoms with Crippen LogP contribution >= 0.6 is 0 Å². The molecule has 2 aliphatic carbocycles. The van der Waals surface area contributed by atoms with E-state index in [0.717, 1.165) is 0 Å². The lowest BCUT2D eigenvalue weighted by Crippen LogP contribution is -2.52. The summed E-state index contributed by atoms with van der Waals surface area (Å²) in [4.78, 5) is 18.4. The lowest BCUT2D eigenvalue weighted by Gasteiger charge is -2.39. The highest BCUT2D eigenvalue weighted by atomic mass is 32.2. The third-order valence-corrected chi connectivity index (χ3v) is 9.61. The number of aromatic amines is 1. The topological polar surface area (TPSA) is 91.5 Å². The van der Waals surface area contributed by atoms with Gasteiger partial charge in [0.05, 0.1) is 35.4 Å². The number of nitrogens with one attached hydrogen (secondary N) is 2. The Balaban J connectivity index is 1.12. The third kappa shape index (κ3) is 4.92. The van der Waals surface area contributed by atoms with E-state index < -0.39 is 15.8 Å². The fourth-order valence-electron chi connectivity index (χ4n) is 5.86. The van der Waals surface area contributed by atoms with Gasteiger partial charge in [-0.1, -0.05) is 30.3 Å². The van der Waals surface area contributed by atoms with Gasteiger partial charge in [-0.25, -0.2) is 17.5 Å². The zero-order valence-electron chi connectivity index (χ0n) is 20.7. The maximum absolute atomic E-state index is 15.0. The Hall–Kier alpha value is -2.75. The van der Waals surface area contributed by atoms with E-state index in [1.165, 1.54) is 31.0 Å². The summed E-state index contributed by atoms with van der Waals surface area (Å²) in [7, 11) is -3.79. The number of hydrogen-bond acceptors (Lipinski definition) is 4. The second-order valence-corrected chi connectivity index (χ2v) is 12.3. The van der Waals surface area contributed by atoms with Gasteiger partial charge in [-0.15, -0.1) is 0 Å². The molecular formula is C28H32FN3O4S. The summed E-state index contributed by atoms with van der Waals surface area (Å²) in [5, 5.41) is 0.351. The largest absolute Gasteiger partial charge is 0.377 e. The first-order valence-corrected chi connectivity index (χ1v) is 14.7. The molecule has 1 amide bonds. The predicted octanol–water partition coefficient (Wildman–Crippen LogP) is 4.45. The minimum absolute atomic E-state index is 0.0604. The van der Waals surface area contributed by atoms with E-state index >= 15 is 0 Å². The summed E-state index contributed by atoms with van der Waals surface area (Å²) >= 11 is 0. The van der Waals surface area contributed by atoms with Crippen molar-refractivity contribution in [3.8, 4) is 11.3 Å². The molecule has 0 spiro atoms. The quantitative estimate of drug-likeness (QED) is 0.498. The Morgan fingerprint density at radius 1 is 1.03 bits per heavy atom. The number of carbonyl (C=O) groups excluding carboxylic acids is 1. The van der Waals surface area contributed by atoms with Crippen molar-refractivity contribution in [2.45, 2.75) is 55.5 Å². The molecule has 37 heavy (non-hydrogen) atoms. The van der Waals surface area contributed by atoms with E-state index in [1.807, 2.05) is 23.1 Å². The van der Waals surface area contributed by atoms with Gasteiger partial charge < -0.3 is 14.6 Å². The van der Waals surface area contributed by atoms with Gasteiger partial charge >= 0.3 is 0 Å². The molecule has 2 N–H and O–H groups in total. The van der Waals surface area contributed by atoms with Gasteiger partial charge in [-0.2, -0.15) is 0 Å². The molecule has 1 aromatic heterocycles. The van der Waals surface area contributed by atoms with Gasteiger partial charge in [-0.3, -0.25) is 4.79 Å². The Bertz CT molecular complexity index is 1400. The molecule has 3 aliphatic rings. The monoisotopic (exact) mass is 525 g/mol. The molecule has 1 saturated heterocycles. The smallest absolute Gasteiger partial charge is 0.240 e. The first-order chi connectivity index (χ1) is 17.9. The number of rotatable bonds is 6. The van der Waals surface area contributed by atoms with Crippen LogP contribution in [-0.2, 0) is 19.6 Å². The number of ether oxygens (including phenoxy) is 1. The number of sulfonamides is 1. The van der Waals surface area contributed by atoms with E-state index in [-0.39, 0.29) is 28.8 Å². The van der Waals surface area contributed by atoms with Crippen LogP contribution in [0.15, 0.2) is 53.4 Å². The Kier molecular flexibility index (Phi) is 6.54. The van der Waals surface area contributed by atoms with Crippen molar-refractivity contribution in [1.29, 1.82) is 0 Å². The number of H-pyrrole nitrogens is 1. The summed E-state index contributed by atoms with van der Waals surface area (Å²) < 4.78 is 49.8. The van der Waals surface area contributed by atoms with Crippen molar-refractivity contribution in [2.75, 3.05) is 19.8 Å². The summed E-state index contributed by atoms with van der Waals surface area (Å²) in [6.07, 6.45) is 4.91. The molecule has 9 heteroatoms. The van der Waals surface area contributed by atoms with Crippen LogP contribution in [0.4, 0.5) is 4.39 Å². The van der Waals surface area contributed by atoms with Crippen LogP contribution in [0.2, 0.25) is 0 Å². The zero-order chi connectivity index (χ0) is 25.6. The van der Waals surface area contributed by atoms with Crippen LogP contribution in [-0.4, -0.2) is 56.1 Å². The molecule has 1 unspecified atom stereocenters. The Morgan fingerprint density at radius 3 is 2.51 bits per heavy atom. The molecule has 196 valence electrons. The molecule has 2 aromatic carbocycles. The van der Waals surface area contributed by atoms with Gasteiger partial charge in [0.15, 0.2) is 5.82 Å². The number of halogens is 1. The molecule has 3 fully saturated rings. The normalized spacial score (nSPS) is 24.9. The zero-order valence-corrected chi connectivity index (χ0v) is 21.5. The lowest BCUT2D eigenvalue weighted by molar-refractivity contribution is -0.146. The van der Waals surface area contributed by atoms with Crippen molar-refractivity contribution in [3.63, 3.8) is 0 Å². The highest BCUT2D eigenvalue weighted by molar-refractivity contribution is 7.89. The van der Waals surface area contributed by atoms with Crippen LogP contribution in [0.5, 0.6) is 0 Å². The summed E-state index contributed by atoms with van der Waals surface area (Å²) in [6, 6.07) is 13.5. The molecule has 0 radical (unpaired) electrons. The summed E-state index contributed by atoms with van der Waals surface area (Å²) in [5.74, 6) is 0.316. The van der Waals surface area contributed by atoms with Gasteiger partial charge in [0.1, 0.15) is 0 Å². The second kappa shape index (κ2) is 9.85.